The van der Waals surface area contributed by atoms with E-state index in [1.54, 1.807) is 12.1 Å². The summed E-state index contributed by atoms with van der Waals surface area (Å²) in [6.07, 6.45) is 0.874. The van der Waals surface area contributed by atoms with Gasteiger partial charge in [-0.05, 0) is 41.4 Å². The lowest BCUT2D eigenvalue weighted by Gasteiger charge is -2.10. The molecule has 0 radical (unpaired) electrons. The summed E-state index contributed by atoms with van der Waals surface area (Å²) in [4.78, 5) is 0. The molecule has 6 heteroatoms. The molecule has 1 heterocycles. The molecule has 0 aliphatic rings. The number of benzene rings is 1. The Hall–Kier alpha value is -0.710. The molecule has 0 spiro atoms. The predicted octanol–water partition coefficient (Wildman–Crippen LogP) is 5.11. The topological polar surface area (TPSA) is 27.1 Å². The molecule has 0 bridgehead atoms. The SMILES string of the molecule is CCc1nn(CC)c(COc2cccc(Cl)c2Cl)c1Br. The third-order valence-corrected chi connectivity index (χ3v) is 4.69. The van der Waals surface area contributed by atoms with Gasteiger partial charge in [-0.3, -0.25) is 4.68 Å². The molecule has 0 aliphatic carbocycles. The molecule has 0 unspecified atom stereocenters. The van der Waals surface area contributed by atoms with E-state index in [0.29, 0.717) is 22.4 Å². The van der Waals surface area contributed by atoms with Gasteiger partial charge in [0.15, 0.2) is 0 Å². The van der Waals surface area contributed by atoms with E-state index < -0.39 is 0 Å². The summed E-state index contributed by atoms with van der Waals surface area (Å²) in [6.45, 7) is 5.31. The highest BCUT2D eigenvalue weighted by Crippen LogP contribution is 2.32. The van der Waals surface area contributed by atoms with Crippen LogP contribution in [0.5, 0.6) is 5.75 Å². The van der Waals surface area contributed by atoms with E-state index in [0.717, 1.165) is 28.8 Å². The smallest absolute Gasteiger partial charge is 0.140 e. The van der Waals surface area contributed by atoms with Crippen LogP contribution in [0.4, 0.5) is 0 Å². The zero-order valence-electron chi connectivity index (χ0n) is 11.3. The first-order valence-corrected chi connectivity index (χ1v) is 7.94. The lowest BCUT2D eigenvalue weighted by molar-refractivity contribution is 0.292. The lowest BCUT2D eigenvalue weighted by Crippen LogP contribution is -2.06. The molecule has 0 aliphatic heterocycles. The van der Waals surface area contributed by atoms with E-state index in [4.69, 9.17) is 27.9 Å². The highest BCUT2D eigenvalue weighted by atomic mass is 79.9. The van der Waals surface area contributed by atoms with E-state index >= 15 is 0 Å². The molecule has 0 atom stereocenters. The van der Waals surface area contributed by atoms with Crippen LogP contribution in [-0.4, -0.2) is 9.78 Å². The predicted molar refractivity (Wildman–Crippen MR) is 85.8 cm³/mol. The van der Waals surface area contributed by atoms with Gasteiger partial charge in [-0.15, -0.1) is 0 Å². The monoisotopic (exact) mass is 376 g/mol. The molecular weight excluding hydrogens is 363 g/mol. The van der Waals surface area contributed by atoms with Gasteiger partial charge in [0.25, 0.3) is 0 Å². The molecule has 0 amide bonds. The van der Waals surface area contributed by atoms with Crippen molar-refractivity contribution in [3.8, 4) is 5.75 Å². The summed E-state index contributed by atoms with van der Waals surface area (Å²) in [6, 6.07) is 5.35. The molecule has 2 rings (SSSR count). The van der Waals surface area contributed by atoms with Crippen LogP contribution in [0.25, 0.3) is 0 Å². The van der Waals surface area contributed by atoms with Crippen molar-refractivity contribution in [3.05, 3.63) is 44.1 Å². The first-order valence-electron chi connectivity index (χ1n) is 6.39. The minimum atomic E-state index is 0.390. The number of hydrogen-bond donors (Lipinski definition) is 0. The van der Waals surface area contributed by atoms with Gasteiger partial charge in [0.05, 0.1) is 20.9 Å². The van der Waals surface area contributed by atoms with Crippen molar-refractivity contribution in [2.45, 2.75) is 33.4 Å². The third kappa shape index (κ3) is 3.13. The van der Waals surface area contributed by atoms with Gasteiger partial charge in [-0.1, -0.05) is 36.2 Å². The zero-order valence-corrected chi connectivity index (χ0v) is 14.4. The molecule has 0 N–H and O–H groups in total. The number of rotatable bonds is 5. The maximum Gasteiger partial charge on any atom is 0.140 e. The van der Waals surface area contributed by atoms with Crippen LogP contribution >= 0.6 is 39.1 Å². The summed E-state index contributed by atoms with van der Waals surface area (Å²) in [7, 11) is 0. The summed E-state index contributed by atoms with van der Waals surface area (Å²) >= 11 is 15.7. The number of nitrogens with zero attached hydrogens (tertiary/aromatic N) is 2. The average Bonchev–Trinajstić information content (AvgIpc) is 2.76. The fraction of sp³-hybridized carbons (Fsp3) is 0.357. The Morgan fingerprint density at radius 2 is 2.05 bits per heavy atom. The van der Waals surface area contributed by atoms with Crippen molar-refractivity contribution >= 4 is 39.1 Å². The molecule has 2 aromatic rings. The van der Waals surface area contributed by atoms with Crippen LogP contribution in [0.1, 0.15) is 25.2 Å². The maximum atomic E-state index is 6.11. The van der Waals surface area contributed by atoms with Gasteiger partial charge in [0, 0.05) is 6.54 Å². The number of aromatic nitrogens is 2. The second-order valence-electron chi connectivity index (χ2n) is 4.22. The van der Waals surface area contributed by atoms with Gasteiger partial charge in [-0.25, -0.2) is 0 Å². The Morgan fingerprint density at radius 3 is 2.70 bits per heavy atom. The maximum absolute atomic E-state index is 6.11. The van der Waals surface area contributed by atoms with Crippen LogP contribution in [0, 0.1) is 0 Å². The van der Waals surface area contributed by atoms with E-state index in [2.05, 4.69) is 34.9 Å². The Morgan fingerprint density at radius 1 is 1.30 bits per heavy atom. The van der Waals surface area contributed by atoms with Crippen LogP contribution in [0.2, 0.25) is 10.0 Å². The fourth-order valence-corrected chi connectivity index (χ4v) is 2.92. The summed E-state index contributed by atoms with van der Waals surface area (Å²) in [5.41, 5.74) is 2.03. The van der Waals surface area contributed by atoms with Gasteiger partial charge in [0.2, 0.25) is 0 Å². The van der Waals surface area contributed by atoms with Crippen molar-refractivity contribution in [1.82, 2.24) is 9.78 Å². The number of ether oxygens (including phenoxy) is 1. The Bertz CT molecular complexity index is 613. The van der Waals surface area contributed by atoms with E-state index in [1.165, 1.54) is 0 Å². The molecule has 3 nitrogen and oxygen atoms in total. The highest BCUT2D eigenvalue weighted by molar-refractivity contribution is 9.10. The van der Waals surface area contributed by atoms with E-state index in [-0.39, 0.29) is 0 Å². The third-order valence-electron chi connectivity index (χ3n) is 2.97. The van der Waals surface area contributed by atoms with Crippen LogP contribution in [0.15, 0.2) is 22.7 Å². The molecule has 0 fully saturated rings. The molecule has 1 aromatic heterocycles. The Kier molecular flexibility index (Phi) is 5.35. The number of halogens is 3. The van der Waals surface area contributed by atoms with Crippen LogP contribution in [-0.2, 0) is 19.6 Å². The normalized spacial score (nSPS) is 10.8. The van der Waals surface area contributed by atoms with Crippen LogP contribution < -0.4 is 4.74 Å². The second kappa shape index (κ2) is 6.83. The highest BCUT2D eigenvalue weighted by Gasteiger charge is 2.15. The second-order valence-corrected chi connectivity index (χ2v) is 5.80. The van der Waals surface area contributed by atoms with Crippen molar-refractivity contribution in [3.63, 3.8) is 0 Å². The van der Waals surface area contributed by atoms with Gasteiger partial charge in [0.1, 0.15) is 17.4 Å². The minimum Gasteiger partial charge on any atom is -0.486 e. The standard InChI is InChI=1S/C14H15BrCl2N2O/c1-3-10-13(15)11(19(4-2)18-10)8-20-12-7-5-6-9(16)14(12)17/h5-7H,3-4,8H2,1-2H3. The summed E-state index contributed by atoms with van der Waals surface area (Å²) < 4.78 is 8.71. The molecule has 0 saturated carbocycles. The molecular formula is C14H15BrCl2N2O. The lowest BCUT2D eigenvalue weighted by atomic mass is 10.3. The Balaban J connectivity index is 2.22. The van der Waals surface area contributed by atoms with Crippen molar-refractivity contribution in [2.75, 3.05) is 0 Å². The van der Waals surface area contributed by atoms with E-state index in [1.807, 2.05) is 10.7 Å². The van der Waals surface area contributed by atoms with Gasteiger partial charge in [-0.2, -0.15) is 5.10 Å². The minimum absolute atomic E-state index is 0.390. The number of hydrogen-bond acceptors (Lipinski definition) is 2. The van der Waals surface area contributed by atoms with Crippen LogP contribution in [0.3, 0.4) is 0 Å². The van der Waals surface area contributed by atoms with E-state index in [9.17, 15) is 0 Å². The first-order chi connectivity index (χ1) is 9.58. The Labute approximate surface area is 137 Å². The molecule has 0 saturated heterocycles. The van der Waals surface area contributed by atoms with Crippen molar-refractivity contribution in [1.29, 1.82) is 0 Å². The molecule has 1 aromatic carbocycles. The van der Waals surface area contributed by atoms with Crippen molar-refractivity contribution < 1.29 is 4.74 Å². The molecule has 20 heavy (non-hydrogen) atoms. The zero-order chi connectivity index (χ0) is 14.7. The van der Waals surface area contributed by atoms with Gasteiger partial charge >= 0.3 is 0 Å². The summed E-state index contributed by atoms with van der Waals surface area (Å²) in [5, 5.41) is 5.45. The van der Waals surface area contributed by atoms with Crippen molar-refractivity contribution in [2.24, 2.45) is 0 Å². The molecule has 108 valence electrons. The fourth-order valence-electron chi connectivity index (χ4n) is 1.90. The number of aryl methyl sites for hydroxylation is 2. The summed E-state index contributed by atoms with van der Waals surface area (Å²) in [5.74, 6) is 0.577. The van der Waals surface area contributed by atoms with Gasteiger partial charge < -0.3 is 4.74 Å². The first kappa shape index (κ1) is 15.7. The average molecular weight is 378 g/mol. The quantitative estimate of drug-likeness (QED) is 0.723. The largest absolute Gasteiger partial charge is 0.486 e.